The lowest BCUT2D eigenvalue weighted by atomic mass is 9.96. The molecular formula is C33H31N3O11. The number of carbonyl (C=O) groups is 3. The summed E-state index contributed by atoms with van der Waals surface area (Å²) in [5.74, 6) is -2.38. The molecule has 0 heterocycles. The Bertz CT molecular complexity index is 1770. The molecule has 0 aliphatic heterocycles. The van der Waals surface area contributed by atoms with E-state index in [1.165, 1.54) is 12.1 Å². The number of rotatable bonds is 15. The zero-order chi connectivity index (χ0) is 34.1. The van der Waals surface area contributed by atoms with Crippen LogP contribution in [0.1, 0.15) is 50.5 Å². The van der Waals surface area contributed by atoms with Crippen LogP contribution < -0.4 is 20.3 Å². The number of phenolic OH excluding ortho intramolecular Hbond substituents is 1. The molecule has 0 unspecified atom stereocenters. The molecule has 0 aromatic heterocycles. The Morgan fingerprint density at radius 3 is 1.89 bits per heavy atom. The van der Waals surface area contributed by atoms with Crippen molar-refractivity contribution in [3.05, 3.63) is 117 Å². The topological polar surface area (TPSA) is 207 Å². The molecule has 0 atom stereocenters. The zero-order valence-electron chi connectivity index (χ0n) is 25.3. The van der Waals surface area contributed by atoms with Crippen LogP contribution >= 0.6 is 0 Å². The summed E-state index contributed by atoms with van der Waals surface area (Å²) in [6.07, 6.45) is 0. The number of anilines is 2. The van der Waals surface area contributed by atoms with Gasteiger partial charge in [-0.25, -0.2) is 9.59 Å². The highest BCUT2D eigenvalue weighted by molar-refractivity contribution is 6.11. The monoisotopic (exact) mass is 645 g/mol. The van der Waals surface area contributed by atoms with Crippen molar-refractivity contribution < 1.29 is 48.9 Å². The zero-order valence-corrected chi connectivity index (χ0v) is 25.3. The van der Waals surface area contributed by atoms with Gasteiger partial charge >= 0.3 is 11.9 Å². The molecule has 0 saturated carbocycles. The van der Waals surface area contributed by atoms with Gasteiger partial charge in [0.1, 0.15) is 23.9 Å². The van der Waals surface area contributed by atoms with Crippen molar-refractivity contribution in [2.75, 3.05) is 24.0 Å². The summed E-state index contributed by atoms with van der Waals surface area (Å²) in [5.41, 5.74) is 2.53. The summed E-state index contributed by atoms with van der Waals surface area (Å²) < 4.78 is 11.8. The maximum Gasteiger partial charge on any atom is 0.336 e. The van der Waals surface area contributed by atoms with Crippen molar-refractivity contribution in [1.82, 2.24) is 0 Å². The predicted molar refractivity (Wildman–Crippen MR) is 169 cm³/mol. The van der Waals surface area contributed by atoms with Crippen LogP contribution in [-0.4, -0.2) is 51.3 Å². The summed E-state index contributed by atoms with van der Waals surface area (Å²) >= 11 is 0. The van der Waals surface area contributed by atoms with E-state index in [0.717, 1.165) is 24.3 Å². The number of amides is 1. The second-order valence-corrected chi connectivity index (χ2v) is 11.1. The summed E-state index contributed by atoms with van der Waals surface area (Å²) in [7, 11) is 0. The Morgan fingerprint density at radius 2 is 1.34 bits per heavy atom. The number of nitrogens with zero attached hydrogens (tertiary/aromatic N) is 1. The Kier molecular flexibility index (Phi) is 10.6. The highest BCUT2D eigenvalue weighted by atomic mass is 16.6. The molecular weight excluding hydrogens is 614 g/mol. The van der Waals surface area contributed by atoms with Crippen LogP contribution in [-0.2, 0) is 11.4 Å². The first kappa shape index (κ1) is 33.7. The molecule has 0 radical (unpaired) electrons. The minimum Gasteiger partial charge on any atom is -0.508 e. The van der Waals surface area contributed by atoms with Crippen LogP contribution in [0.15, 0.2) is 84.9 Å². The predicted octanol–water partition coefficient (Wildman–Crippen LogP) is 5.98. The average molecular weight is 646 g/mol. The minimum atomic E-state index is -1.46. The van der Waals surface area contributed by atoms with Crippen LogP contribution in [0.2, 0.25) is 0 Å². The molecule has 0 spiro atoms. The van der Waals surface area contributed by atoms with E-state index in [-0.39, 0.29) is 23.5 Å². The highest BCUT2D eigenvalue weighted by Crippen LogP contribution is 2.25. The number of carbonyl (C=O) groups excluding carboxylic acids is 1. The lowest BCUT2D eigenvalue weighted by Crippen LogP contribution is -2.28. The summed E-state index contributed by atoms with van der Waals surface area (Å²) in [5, 5.41) is 41.8. The molecule has 14 heteroatoms. The van der Waals surface area contributed by atoms with Crippen molar-refractivity contribution in [3.8, 4) is 17.2 Å². The molecule has 1 amide bonds. The van der Waals surface area contributed by atoms with Gasteiger partial charge in [0.15, 0.2) is 0 Å². The Hall–Kier alpha value is -6.15. The molecule has 0 bridgehead atoms. The number of phenols is 1. The van der Waals surface area contributed by atoms with E-state index in [0.29, 0.717) is 41.7 Å². The first-order chi connectivity index (χ1) is 22.3. The van der Waals surface area contributed by atoms with E-state index in [1.807, 2.05) is 13.8 Å². The number of non-ortho nitro benzene ring substituents is 1. The van der Waals surface area contributed by atoms with Crippen LogP contribution in [0.4, 0.5) is 17.1 Å². The second-order valence-electron chi connectivity index (χ2n) is 11.1. The lowest BCUT2D eigenvalue weighted by Gasteiger charge is -2.25. The van der Waals surface area contributed by atoms with Gasteiger partial charge in [-0.2, -0.15) is 0 Å². The van der Waals surface area contributed by atoms with Gasteiger partial charge in [0.05, 0.1) is 40.5 Å². The van der Waals surface area contributed by atoms with Crippen molar-refractivity contribution in [2.45, 2.75) is 20.5 Å². The van der Waals surface area contributed by atoms with Crippen molar-refractivity contribution >= 4 is 34.9 Å². The van der Waals surface area contributed by atoms with Gasteiger partial charge in [0, 0.05) is 23.2 Å². The largest absolute Gasteiger partial charge is 0.508 e. The second kappa shape index (κ2) is 14.8. The molecule has 244 valence electrons. The van der Waals surface area contributed by atoms with Gasteiger partial charge in [-0.05, 0) is 72.3 Å². The number of carboxylic acids is 2. The number of ether oxygens (including phenoxy) is 2. The van der Waals surface area contributed by atoms with Crippen molar-refractivity contribution in [2.24, 2.45) is 5.41 Å². The van der Waals surface area contributed by atoms with E-state index >= 15 is 0 Å². The molecule has 0 fully saturated rings. The third-order valence-electron chi connectivity index (χ3n) is 6.66. The molecule has 5 N–H and O–H groups in total. The van der Waals surface area contributed by atoms with Gasteiger partial charge in [0.2, 0.25) is 0 Å². The van der Waals surface area contributed by atoms with E-state index in [4.69, 9.17) is 14.3 Å². The number of aromatic carboxylic acids is 2. The number of benzene rings is 4. The van der Waals surface area contributed by atoms with Gasteiger partial charge in [-0.3, -0.25) is 25.2 Å². The number of hydrogen-bond acceptors (Lipinski definition) is 10. The van der Waals surface area contributed by atoms with Gasteiger partial charge < -0.3 is 30.1 Å². The Balaban J connectivity index is 1.23. The fraction of sp³-hybridized carbons (Fsp3) is 0.182. The van der Waals surface area contributed by atoms with Crippen LogP contribution in [0.5, 0.6) is 17.2 Å². The van der Waals surface area contributed by atoms with Crippen molar-refractivity contribution in [3.63, 3.8) is 0 Å². The number of aromatic hydroxyl groups is 1. The van der Waals surface area contributed by atoms with Crippen LogP contribution in [0, 0.1) is 15.5 Å². The van der Waals surface area contributed by atoms with E-state index < -0.39 is 39.4 Å². The lowest BCUT2D eigenvalue weighted by molar-refractivity contribution is -0.384. The summed E-state index contributed by atoms with van der Waals surface area (Å²) in [6.45, 7) is 4.51. The smallest absolute Gasteiger partial charge is 0.336 e. The third kappa shape index (κ3) is 9.42. The SMILES string of the molecule is CC(C)(COc1ccc(NOCc2ccc(O)cc2C(=O)O)cc1)COc1ccc(NC(=O)c2ccc([N+](=O)[O-])cc2C(=O)O)cc1. The first-order valence-electron chi connectivity index (χ1n) is 14.0. The van der Waals surface area contributed by atoms with Crippen LogP contribution in [0.3, 0.4) is 0 Å². The fourth-order valence-corrected chi connectivity index (χ4v) is 4.16. The molecule has 4 aromatic rings. The van der Waals surface area contributed by atoms with E-state index in [9.17, 15) is 39.8 Å². The molecule has 4 aromatic carbocycles. The number of carboxylic acid groups (broad SMARTS) is 2. The number of hydrogen-bond donors (Lipinski definition) is 5. The summed E-state index contributed by atoms with van der Waals surface area (Å²) in [4.78, 5) is 51.3. The summed E-state index contributed by atoms with van der Waals surface area (Å²) in [6, 6.07) is 20.4. The van der Waals surface area contributed by atoms with E-state index in [1.54, 1.807) is 48.5 Å². The number of nitro groups is 1. The minimum absolute atomic E-state index is 0.0401. The molecule has 14 nitrogen and oxygen atoms in total. The maximum atomic E-state index is 12.7. The van der Waals surface area contributed by atoms with Gasteiger partial charge in [-0.15, -0.1) is 0 Å². The number of nitro benzene ring substituents is 1. The normalized spacial score (nSPS) is 10.9. The van der Waals surface area contributed by atoms with Gasteiger partial charge in [-0.1, -0.05) is 19.9 Å². The maximum absolute atomic E-state index is 12.7. The highest BCUT2D eigenvalue weighted by Gasteiger charge is 2.22. The van der Waals surface area contributed by atoms with Crippen molar-refractivity contribution in [1.29, 1.82) is 0 Å². The standard InChI is InChI=1S/C33H31N3O11/c1-33(2,19-46-26-12-6-22(7-13-26)35-47-17-20-3-9-24(37)16-28(20)31(39)40)18-45-25-10-4-21(5-11-25)34-30(38)27-14-8-23(36(43)44)15-29(27)32(41)42/h3-16,35,37H,17-19H2,1-2H3,(H,34,38)(H,39,40)(H,41,42). The fourth-order valence-electron chi connectivity index (χ4n) is 4.16. The first-order valence-corrected chi connectivity index (χ1v) is 14.0. The Labute approximate surface area is 268 Å². The van der Waals surface area contributed by atoms with E-state index in [2.05, 4.69) is 10.8 Å². The third-order valence-corrected chi connectivity index (χ3v) is 6.66. The number of nitrogens with one attached hydrogen (secondary N) is 2. The average Bonchev–Trinajstić information content (AvgIpc) is 3.04. The Morgan fingerprint density at radius 1 is 0.766 bits per heavy atom. The molecule has 4 rings (SSSR count). The molecule has 0 saturated heterocycles. The quantitative estimate of drug-likeness (QED) is 0.0748. The molecule has 0 aliphatic carbocycles. The van der Waals surface area contributed by atoms with Crippen LogP contribution in [0.25, 0.3) is 0 Å². The van der Waals surface area contributed by atoms with Gasteiger partial charge in [0.25, 0.3) is 11.6 Å². The molecule has 47 heavy (non-hydrogen) atoms. The molecule has 0 aliphatic rings.